The Bertz CT molecular complexity index is 503. The molecule has 6 heteroatoms. The maximum absolute atomic E-state index is 12.0. The zero-order valence-electron chi connectivity index (χ0n) is 11.8. The zero-order chi connectivity index (χ0) is 15.3. The van der Waals surface area contributed by atoms with Crippen LogP contribution in [0.3, 0.4) is 0 Å². The third-order valence-electron chi connectivity index (χ3n) is 2.84. The molecule has 2 amide bonds. The lowest BCUT2D eigenvalue weighted by Gasteiger charge is -2.19. The highest BCUT2D eigenvalue weighted by atomic mass is 35.5. The molecule has 0 aliphatic rings. The number of nitrogens with one attached hydrogen (secondary N) is 1. The van der Waals surface area contributed by atoms with Gasteiger partial charge in [0.05, 0.1) is 11.3 Å². The van der Waals surface area contributed by atoms with Crippen LogP contribution in [0.5, 0.6) is 0 Å². The number of aromatic carboxylic acids is 1. The molecule has 0 unspecified atom stereocenters. The normalized spacial score (nSPS) is 10.4. The van der Waals surface area contributed by atoms with Gasteiger partial charge < -0.3 is 15.3 Å². The van der Waals surface area contributed by atoms with Gasteiger partial charge in [0.2, 0.25) is 0 Å². The van der Waals surface area contributed by atoms with E-state index < -0.39 is 5.97 Å². The molecule has 0 aliphatic heterocycles. The fraction of sp³-hybridized carbons (Fsp3) is 0.429. The van der Waals surface area contributed by atoms with Crippen molar-refractivity contribution in [2.75, 3.05) is 18.9 Å². The molecule has 0 saturated carbocycles. The number of amides is 2. The van der Waals surface area contributed by atoms with Gasteiger partial charge in [-0.3, -0.25) is 0 Å². The van der Waals surface area contributed by atoms with Crippen molar-refractivity contribution in [3.05, 3.63) is 28.8 Å². The number of carbonyl (C=O) groups excluding carboxylic acids is 1. The summed E-state index contributed by atoms with van der Waals surface area (Å²) in [5.74, 6) is -0.618. The van der Waals surface area contributed by atoms with Crippen molar-refractivity contribution in [1.29, 1.82) is 0 Å². The average Bonchev–Trinajstić information content (AvgIpc) is 2.35. The molecule has 0 radical (unpaired) electrons. The Morgan fingerprint density at radius 3 is 2.60 bits per heavy atom. The summed E-state index contributed by atoms with van der Waals surface area (Å²) in [6.07, 6.45) is 0.880. The summed E-state index contributed by atoms with van der Waals surface area (Å²) < 4.78 is 0. The van der Waals surface area contributed by atoms with Crippen LogP contribution < -0.4 is 5.32 Å². The smallest absolute Gasteiger partial charge is 0.337 e. The number of benzene rings is 1. The van der Waals surface area contributed by atoms with E-state index in [1.165, 1.54) is 23.1 Å². The van der Waals surface area contributed by atoms with Crippen LogP contribution in [0.15, 0.2) is 18.2 Å². The molecule has 2 N–H and O–H groups in total. The second kappa shape index (κ2) is 7.14. The standard InChI is InChI=1S/C14H19ClN2O3/c1-9(2)6-7-17(3)14(20)16-12-8-10(15)4-5-11(12)13(18)19/h4-5,8-9H,6-7H2,1-3H3,(H,16,20)(H,18,19). The van der Waals surface area contributed by atoms with E-state index in [0.717, 1.165) is 6.42 Å². The lowest BCUT2D eigenvalue weighted by Crippen LogP contribution is -2.33. The Hall–Kier alpha value is -1.75. The molecular weight excluding hydrogens is 280 g/mol. The lowest BCUT2D eigenvalue weighted by molar-refractivity contribution is 0.0698. The van der Waals surface area contributed by atoms with Gasteiger partial charge in [-0.15, -0.1) is 0 Å². The molecular formula is C14H19ClN2O3. The Morgan fingerprint density at radius 2 is 2.05 bits per heavy atom. The number of urea groups is 1. The third-order valence-corrected chi connectivity index (χ3v) is 3.08. The molecule has 20 heavy (non-hydrogen) atoms. The number of carboxylic acids is 1. The van der Waals surface area contributed by atoms with E-state index in [9.17, 15) is 9.59 Å². The highest BCUT2D eigenvalue weighted by Crippen LogP contribution is 2.21. The van der Waals surface area contributed by atoms with Crippen LogP contribution in [0.2, 0.25) is 5.02 Å². The first kappa shape index (κ1) is 16.3. The van der Waals surface area contributed by atoms with E-state index in [2.05, 4.69) is 19.2 Å². The summed E-state index contributed by atoms with van der Waals surface area (Å²) >= 11 is 5.83. The summed E-state index contributed by atoms with van der Waals surface area (Å²) in [6.45, 7) is 4.75. The number of carboxylic acid groups (broad SMARTS) is 1. The molecule has 5 nitrogen and oxygen atoms in total. The van der Waals surface area contributed by atoms with Gasteiger partial charge in [-0.2, -0.15) is 0 Å². The van der Waals surface area contributed by atoms with Crippen LogP contribution in [0.1, 0.15) is 30.6 Å². The van der Waals surface area contributed by atoms with Crippen LogP contribution in [-0.4, -0.2) is 35.6 Å². The summed E-state index contributed by atoms with van der Waals surface area (Å²) in [4.78, 5) is 24.6. The maximum atomic E-state index is 12.0. The number of anilines is 1. The average molecular weight is 299 g/mol. The highest BCUT2D eigenvalue weighted by Gasteiger charge is 2.15. The molecule has 0 fully saturated rings. The zero-order valence-corrected chi connectivity index (χ0v) is 12.6. The number of rotatable bonds is 5. The molecule has 0 aliphatic carbocycles. The van der Waals surface area contributed by atoms with E-state index in [0.29, 0.717) is 17.5 Å². The van der Waals surface area contributed by atoms with Gasteiger partial charge in [-0.1, -0.05) is 25.4 Å². The first-order valence-corrected chi connectivity index (χ1v) is 6.74. The first-order valence-electron chi connectivity index (χ1n) is 6.36. The van der Waals surface area contributed by atoms with Crippen LogP contribution >= 0.6 is 11.6 Å². The lowest BCUT2D eigenvalue weighted by atomic mass is 10.1. The van der Waals surface area contributed by atoms with Crippen molar-refractivity contribution >= 4 is 29.3 Å². The van der Waals surface area contributed by atoms with Crippen molar-refractivity contribution in [1.82, 2.24) is 4.90 Å². The van der Waals surface area contributed by atoms with E-state index in [4.69, 9.17) is 16.7 Å². The summed E-state index contributed by atoms with van der Waals surface area (Å²) in [5.41, 5.74) is 0.214. The van der Waals surface area contributed by atoms with E-state index in [1.807, 2.05) is 0 Å². The minimum Gasteiger partial charge on any atom is -0.478 e. The largest absolute Gasteiger partial charge is 0.478 e. The molecule has 0 aromatic heterocycles. The van der Waals surface area contributed by atoms with Gasteiger partial charge in [0, 0.05) is 18.6 Å². The Labute approximate surface area is 123 Å². The predicted molar refractivity (Wildman–Crippen MR) is 79.5 cm³/mol. The van der Waals surface area contributed by atoms with Crippen LogP contribution in [-0.2, 0) is 0 Å². The predicted octanol–water partition coefficient (Wildman–Crippen LogP) is 3.55. The molecule has 1 aromatic rings. The number of halogens is 1. The summed E-state index contributed by atoms with van der Waals surface area (Å²) in [7, 11) is 1.67. The number of carbonyl (C=O) groups is 2. The van der Waals surface area contributed by atoms with Crippen LogP contribution in [0, 0.1) is 5.92 Å². The van der Waals surface area contributed by atoms with Gasteiger partial charge in [0.25, 0.3) is 0 Å². The Balaban J connectivity index is 2.79. The second-order valence-electron chi connectivity index (χ2n) is 5.03. The van der Waals surface area contributed by atoms with E-state index in [1.54, 1.807) is 7.05 Å². The molecule has 110 valence electrons. The SMILES string of the molecule is CC(C)CCN(C)C(=O)Nc1cc(Cl)ccc1C(=O)O. The van der Waals surface area contributed by atoms with Gasteiger partial charge >= 0.3 is 12.0 Å². The maximum Gasteiger partial charge on any atom is 0.337 e. The number of hydrogen-bond acceptors (Lipinski definition) is 2. The van der Waals surface area contributed by atoms with Crippen molar-refractivity contribution < 1.29 is 14.7 Å². The summed E-state index contributed by atoms with van der Waals surface area (Å²) in [5, 5.41) is 12.0. The monoisotopic (exact) mass is 298 g/mol. The van der Waals surface area contributed by atoms with Crippen molar-refractivity contribution in [3.63, 3.8) is 0 Å². The van der Waals surface area contributed by atoms with Crippen molar-refractivity contribution in [3.8, 4) is 0 Å². The minimum absolute atomic E-state index is 0.0139. The molecule has 0 heterocycles. The van der Waals surface area contributed by atoms with Crippen LogP contribution in [0.4, 0.5) is 10.5 Å². The van der Waals surface area contributed by atoms with Gasteiger partial charge in [-0.05, 0) is 30.5 Å². The van der Waals surface area contributed by atoms with Crippen LogP contribution in [0.25, 0.3) is 0 Å². The molecule has 1 aromatic carbocycles. The highest BCUT2D eigenvalue weighted by molar-refractivity contribution is 6.31. The second-order valence-corrected chi connectivity index (χ2v) is 5.47. The van der Waals surface area contributed by atoms with Gasteiger partial charge in [0.1, 0.15) is 0 Å². The van der Waals surface area contributed by atoms with E-state index >= 15 is 0 Å². The molecule has 0 spiro atoms. The topological polar surface area (TPSA) is 69.6 Å². The van der Waals surface area contributed by atoms with Crippen molar-refractivity contribution in [2.24, 2.45) is 5.92 Å². The Kier molecular flexibility index (Phi) is 5.82. The third kappa shape index (κ3) is 4.74. The quantitative estimate of drug-likeness (QED) is 0.873. The fourth-order valence-corrected chi connectivity index (χ4v) is 1.74. The first-order chi connectivity index (χ1) is 9.31. The van der Waals surface area contributed by atoms with Crippen molar-refractivity contribution in [2.45, 2.75) is 20.3 Å². The molecule has 0 saturated heterocycles. The molecule has 0 bridgehead atoms. The Morgan fingerprint density at radius 1 is 1.40 bits per heavy atom. The van der Waals surface area contributed by atoms with E-state index in [-0.39, 0.29) is 17.3 Å². The fourth-order valence-electron chi connectivity index (χ4n) is 1.57. The minimum atomic E-state index is -1.11. The molecule has 0 atom stereocenters. The number of nitrogens with zero attached hydrogens (tertiary/aromatic N) is 1. The number of hydrogen-bond donors (Lipinski definition) is 2. The molecule has 1 rings (SSSR count). The summed E-state index contributed by atoms with van der Waals surface area (Å²) in [6, 6.07) is 3.92. The van der Waals surface area contributed by atoms with Gasteiger partial charge in [0.15, 0.2) is 0 Å². The van der Waals surface area contributed by atoms with Gasteiger partial charge in [-0.25, -0.2) is 9.59 Å².